The molecular weight excluding hydrogens is 174 g/mol. The third-order valence-corrected chi connectivity index (χ3v) is 2.52. The molecular formula is C9H8ClNO. The van der Waals surface area contributed by atoms with Crippen LogP contribution in [0.3, 0.4) is 0 Å². The first-order chi connectivity index (χ1) is 5.68. The predicted molar refractivity (Wildman–Crippen MR) is 48.5 cm³/mol. The van der Waals surface area contributed by atoms with Gasteiger partial charge in [0.05, 0.1) is 17.1 Å². The molecule has 2 rings (SSSR count). The summed E-state index contributed by atoms with van der Waals surface area (Å²) in [6.45, 7) is 1.92. The molecule has 1 aliphatic heterocycles. The van der Waals surface area contributed by atoms with E-state index in [1.54, 1.807) is 0 Å². The molecule has 0 radical (unpaired) electrons. The van der Waals surface area contributed by atoms with Crippen LogP contribution in [0.2, 0.25) is 5.02 Å². The van der Waals surface area contributed by atoms with Gasteiger partial charge in [-0.1, -0.05) is 23.7 Å². The first kappa shape index (κ1) is 7.62. The van der Waals surface area contributed by atoms with Crippen molar-refractivity contribution in [3.05, 3.63) is 28.3 Å². The van der Waals surface area contributed by atoms with Gasteiger partial charge in [0, 0.05) is 0 Å². The van der Waals surface area contributed by atoms with Gasteiger partial charge in [0.1, 0.15) is 0 Å². The van der Waals surface area contributed by atoms with Gasteiger partial charge < -0.3 is 5.32 Å². The van der Waals surface area contributed by atoms with Crippen LogP contribution in [0.25, 0.3) is 0 Å². The summed E-state index contributed by atoms with van der Waals surface area (Å²) < 4.78 is 0. The van der Waals surface area contributed by atoms with E-state index in [0.717, 1.165) is 16.8 Å². The van der Waals surface area contributed by atoms with Crippen LogP contribution < -0.4 is 5.32 Å². The van der Waals surface area contributed by atoms with Crippen molar-refractivity contribution >= 4 is 23.2 Å². The van der Waals surface area contributed by atoms with E-state index in [2.05, 4.69) is 5.32 Å². The lowest BCUT2D eigenvalue weighted by molar-refractivity contribution is -0.115. The van der Waals surface area contributed by atoms with Crippen molar-refractivity contribution < 1.29 is 4.79 Å². The molecule has 0 atom stereocenters. The van der Waals surface area contributed by atoms with E-state index in [-0.39, 0.29) is 5.91 Å². The van der Waals surface area contributed by atoms with Gasteiger partial charge in [-0.3, -0.25) is 4.79 Å². The summed E-state index contributed by atoms with van der Waals surface area (Å²) in [5, 5.41) is 3.40. The fourth-order valence-electron chi connectivity index (χ4n) is 1.36. The number of rotatable bonds is 0. The SMILES string of the molecule is Cc1ccc2c(c1Cl)NC(=O)C2. The molecule has 1 heterocycles. The van der Waals surface area contributed by atoms with Crippen molar-refractivity contribution in [3.8, 4) is 0 Å². The number of halogens is 1. The van der Waals surface area contributed by atoms with Crippen molar-refractivity contribution in [2.45, 2.75) is 13.3 Å². The van der Waals surface area contributed by atoms with Crippen LogP contribution in [-0.4, -0.2) is 5.91 Å². The van der Waals surface area contributed by atoms with Crippen LogP contribution in [0, 0.1) is 6.92 Å². The Kier molecular flexibility index (Phi) is 1.58. The van der Waals surface area contributed by atoms with E-state index in [9.17, 15) is 4.79 Å². The smallest absolute Gasteiger partial charge is 0.228 e. The number of carbonyl (C=O) groups is 1. The molecule has 12 heavy (non-hydrogen) atoms. The minimum atomic E-state index is 0.0255. The van der Waals surface area contributed by atoms with Gasteiger partial charge in [-0.15, -0.1) is 0 Å². The van der Waals surface area contributed by atoms with Gasteiger partial charge in [0.15, 0.2) is 0 Å². The second kappa shape index (κ2) is 2.49. The molecule has 62 valence electrons. The Morgan fingerprint density at radius 1 is 1.50 bits per heavy atom. The first-order valence-electron chi connectivity index (χ1n) is 3.76. The van der Waals surface area contributed by atoms with E-state index in [1.165, 1.54) is 0 Å². The summed E-state index contributed by atoms with van der Waals surface area (Å²) in [7, 11) is 0. The highest BCUT2D eigenvalue weighted by Gasteiger charge is 2.20. The van der Waals surface area contributed by atoms with Crippen LogP contribution in [0.5, 0.6) is 0 Å². The number of carbonyl (C=O) groups excluding carboxylic acids is 1. The first-order valence-corrected chi connectivity index (χ1v) is 4.14. The molecule has 1 aromatic rings. The lowest BCUT2D eigenvalue weighted by Crippen LogP contribution is -2.03. The Balaban J connectivity index is 2.61. The number of hydrogen-bond donors (Lipinski definition) is 1. The second-order valence-corrected chi connectivity index (χ2v) is 3.33. The summed E-state index contributed by atoms with van der Waals surface area (Å²) >= 11 is 5.99. The summed E-state index contributed by atoms with van der Waals surface area (Å²) in [5.41, 5.74) is 2.79. The van der Waals surface area contributed by atoms with E-state index in [0.29, 0.717) is 11.4 Å². The molecule has 0 spiro atoms. The van der Waals surface area contributed by atoms with Crippen LogP contribution in [0.4, 0.5) is 5.69 Å². The number of anilines is 1. The van der Waals surface area contributed by atoms with Gasteiger partial charge in [0.25, 0.3) is 0 Å². The number of benzene rings is 1. The third-order valence-electron chi connectivity index (χ3n) is 2.04. The van der Waals surface area contributed by atoms with Crippen molar-refractivity contribution in [1.29, 1.82) is 0 Å². The van der Waals surface area contributed by atoms with E-state index in [1.807, 2.05) is 19.1 Å². The Hall–Kier alpha value is -1.02. The van der Waals surface area contributed by atoms with Crippen LogP contribution in [-0.2, 0) is 11.2 Å². The van der Waals surface area contributed by atoms with Gasteiger partial charge in [0.2, 0.25) is 5.91 Å². The number of nitrogens with one attached hydrogen (secondary N) is 1. The summed E-state index contributed by atoms with van der Waals surface area (Å²) in [4.78, 5) is 11.0. The largest absolute Gasteiger partial charge is 0.324 e. The molecule has 0 aromatic heterocycles. The van der Waals surface area contributed by atoms with Gasteiger partial charge >= 0.3 is 0 Å². The molecule has 0 unspecified atom stereocenters. The highest BCUT2D eigenvalue weighted by molar-refractivity contribution is 6.35. The van der Waals surface area contributed by atoms with Crippen LogP contribution in [0.1, 0.15) is 11.1 Å². The average molecular weight is 182 g/mol. The van der Waals surface area contributed by atoms with Crippen LogP contribution in [0.15, 0.2) is 12.1 Å². The van der Waals surface area contributed by atoms with E-state index in [4.69, 9.17) is 11.6 Å². The zero-order valence-corrected chi connectivity index (χ0v) is 7.40. The Bertz CT molecular complexity index is 360. The molecule has 0 fully saturated rings. The number of fused-ring (bicyclic) bond motifs is 1. The predicted octanol–water partition coefficient (Wildman–Crippen LogP) is 2.14. The molecule has 3 heteroatoms. The molecule has 0 bridgehead atoms. The third kappa shape index (κ3) is 0.994. The molecule has 0 aliphatic carbocycles. The normalized spacial score (nSPS) is 14.3. The molecule has 1 N–H and O–H groups in total. The molecule has 0 saturated carbocycles. The van der Waals surface area contributed by atoms with Gasteiger partial charge in [-0.25, -0.2) is 0 Å². The molecule has 1 aliphatic rings. The van der Waals surface area contributed by atoms with E-state index < -0.39 is 0 Å². The van der Waals surface area contributed by atoms with Gasteiger partial charge in [-0.2, -0.15) is 0 Å². The Morgan fingerprint density at radius 3 is 3.00 bits per heavy atom. The number of amides is 1. The van der Waals surface area contributed by atoms with Gasteiger partial charge in [-0.05, 0) is 18.1 Å². The van der Waals surface area contributed by atoms with Crippen LogP contribution >= 0.6 is 11.6 Å². The number of aryl methyl sites for hydroxylation is 1. The van der Waals surface area contributed by atoms with Crippen molar-refractivity contribution in [3.63, 3.8) is 0 Å². The molecule has 1 amide bonds. The maximum Gasteiger partial charge on any atom is 0.228 e. The highest BCUT2D eigenvalue weighted by Crippen LogP contribution is 2.33. The minimum Gasteiger partial charge on any atom is -0.324 e. The second-order valence-electron chi connectivity index (χ2n) is 2.96. The molecule has 2 nitrogen and oxygen atoms in total. The van der Waals surface area contributed by atoms with E-state index >= 15 is 0 Å². The van der Waals surface area contributed by atoms with Crippen molar-refractivity contribution in [1.82, 2.24) is 0 Å². The summed E-state index contributed by atoms with van der Waals surface area (Å²) in [6.07, 6.45) is 0.454. The fraction of sp³-hybridized carbons (Fsp3) is 0.222. The van der Waals surface area contributed by atoms with Crippen molar-refractivity contribution in [2.24, 2.45) is 0 Å². The molecule has 1 aromatic carbocycles. The maximum atomic E-state index is 11.0. The highest BCUT2D eigenvalue weighted by atomic mass is 35.5. The molecule has 0 saturated heterocycles. The topological polar surface area (TPSA) is 29.1 Å². The number of hydrogen-bond acceptors (Lipinski definition) is 1. The Labute approximate surface area is 75.5 Å². The quantitative estimate of drug-likeness (QED) is 0.653. The Morgan fingerprint density at radius 2 is 2.25 bits per heavy atom. The summed E-state index contributed by atoms with van der Waals surface area (Å²) in [6, 6.07) is 3.87. The monoisotopic (exact) mass is 181 g/mol. The zero-order chi connectivity index (χ0) is 8.72. The van der Waals surface area contributed by atoms with Crippen molar-refractivity contribution in [2.75, 3.05) is 5.32 Å². The standard InChI is InChI=1S/C9H8ClNO/c1-5-2-3-6-4-7(12)11-9(6)8(5)10/h2-3H,4H2,1H3,(H,11,12). The average Bonchev–Trinajstić information content (AvgIpc) is 2.39. The summed E-state index contributed by atoms with van der Waals surface area (Å²) in [5.74, 6) is 0.0255. The lowest BCUT2D eigenvalue weighted by Gasteiger charge is -2.03. The minimum absolute atomic E-state index is 0.0255. The zero-order valence-electron chi connectivity index (χ0n) is 6.65. The maximum absolute atomic E-state index is 11.0. The lowest BCUT2D eigenvalue weighted by atomic mass is 10.1. The fourth-order valence-corrected chi connectivity index (χ4v) is 1.59.